The minimum absolute atomic E-state index is 0.186. The number of carboxylic acids is 1. The SMILES string of the molecule is C/C=C\NC.C=O.CC.CCNCCNC(=O)c1ccc(-c2ccn(S(N)(=O)=O)c2C(=O)O)cc1. The number of benzene rings is 1. The first kappa shape index (κ1) is 33.7. The Morgan fingerprint density at radius 2 is 1.69 bits per heavy atom. The first-order valence-corrected chi connectivity index (χ1v) is 12.3. The van der Waals surface area contributed by atoms with E-state index in [0.717, 1.165) is 12.7 Å². The summed E-state index contributed by atoms with van der Waals surface area (Å²) in [6.45, 7) is 11.9. The van der Waals surface area contributed by atoms with Crippen LogP contribution in [-0.4, -0.2) is 62.8 Å². The zero-order valence-electron chi connectivity index (χ0n) is 20.9. The van der Waals surface area contributed by atoms with E-state index < -0.39 is 21.9 Å². The standard InChI is InChI=1S/C16H20N4O5S.C4H9N.C2H6.CH2O/c1-2-18-8-9-19-15(21)12-5-3-11(4-6-12)13-7-10-20(26(17,24)25)14(13)16(22)23;1-3-4-5-2;2*1-2/h3-7,10,18H,2,8-9H2,1H3,(H,19,21)(H,22,23)(H2,17,24,25);3-5H,1-2H3;1-2H3;1H2/b;4-3-;;. The Kier molecular flexibility index (Phi) is 18.2. The molecule has 35 heavy (non-hydrogen) atoms. The van der Waals surface area contributed by atoms with Crippen molar-refractivity contribution in [3.8, 4) is 11.1 Å². The zero-order valence-corrected chi connectivity index (χ0v) is 21.7. The van der Waals surface area contributed by atoms with Crippen LogP contribution in [0.3, 0.4) is 0 Å². The number of carbonyl (C=O) groups is 3. The number of carboxylic acid groups (broad SMARTS) is 1. The van der Waals surface area contributed by atoms with Crippen LogP contribution in [0.15, 0.2) is 48.8 Å². The first-order chi connectivity index (χ1) is 16.7. The molecule has 0 aliphatic heterocycles. The Balaban J connectivity index is 0. The van der Waals surface area contributed by atoms with E-state index in [1.807, 2.05) is 53.8 Å². The lowest BCUT2D eigenvalue weighted by Gasteiger charge is -2.08. The van der Waals surface area contributed by atoms with Crippen molar-refractivity contribution in [1.29, 1.82) is 0 Å². The number of nitrogens with one attached hydrogen (secondary N) is 3. The van der Waals surface area contributed by atoms with Crippen LogP contribution in [0.1, 0.15) is 48.5 Å². The van der Waals surface area contributed by atoms with Gasteiger partial charge in [-0.2, -0.15) is 8.42 Å². The maximum absolute atomic E-state index is 12.0. The van der Waals surface area contributed by atoms with E-state index in [0.29, 0.717) is 28.2 Å². The zero-order chi connectivity index (χ0) is 27.4. The highest BCUT2D eigenvalue weighted by molar-refractivity contribution is 7.87. The van der Waals surface area contributed by atoms with Gasteiger partial charge in [0.1, 0.15) is 6.79 Å². The summed E-state index contributed by atoms with van der Waals surface area (Å²) in [7, 11) is -2.36. The second-order valence-electron chi connectivity index (χ2n) is 6.20. The molecule has 2 rings (SSSR count). The van der Waals surface area contributed by atoms with E-state index >= 15 is 0 Å². The number of hydrogen-bond acceptors (Lipinski definition) is 7. The predicted octanol–water partition coefficient (Wildman–Crippen LogP) is 1.82. The molecule has 0 saturated carbocycles. The molecule has 1 aromatic carbocycles. The Bertz CT molecular complexity index is 1020. The lowest BCUT2D eigenvalue weighted by atomic mass is 10.0. The largest absolute Gasteiger partial charge is 0.477 e. The van der Waals surface area contributed by atoms with Crippen LogP contribution in [0, 0.1) is 0 Å². The number of nitrogens with two attached hydrogens (primary N) is 1. The predicted molar refractivity (Wildman–Crippen MR) is 139 cm³/mol. The van der Waals surface area contributed by atoms with Gasteiger partial charge in [-0.25, -0.2) is 13.9 Å². The van der Waals surface area contributed by atoms with Crippen LogP contribution in [0.2, 0.25) is 0 Å². The van der Waals surface area contributed by atoms with Crippen molar-refractivity contribution in [2.45, 2.75) is 27.7 Å². The maximum Gasteiger partial charge on any atom is 0.354 e. The van der Waals surface area contributed by atoms with E-state index in [1.54, 1.807) is 12.1 Å². The second kappa shape index (κ2) is 18.9. The van der Waals surface area contributed by atoms with E-state index in [-0.39, 0.29) is 11.5 Å². The molecular weight excluding hydrogens is 474 g/mol. The smallest absolute Gasteiger partial charge is 0.354 e. The number of allylic oxidation sites excluding steroid dienone is 1. The molecule has 2 aromatic rings. The van der Waals surface area contributed by atoms with Gasteiger partial charge in [0.15, 0.2) is 5.69 Å². The molecule has 0 saturated heterocycles. The van der Waals surface area contributed by atoms with E-state index in [2.05, 4.69) is 16.0 Å². The van der Waals surface area contributed by atoms with Crippen molar-refractivity contribution in [2.24, 2.45) is 5.14 Å². The molecule has 11 nitrogen and oxygen atoms in total. The lowest BCUT2D eigenvalue weighted by molar-refractivity contribution is -0.0980. The molecule has 0 aliphatic rings. The summed E-state index contributed by atoms with van der Waals surface area (Å²) >= 11 is 0. The number of aromatic nitrogens is 1. The highest BCUT2D eigenvalue weighted by atomic mass is 32.2. The molecule has 1 aromatic heterocycles. The van der Waals surface area contributed by atoms with Gasteiger partial charge in [-0.1, -0.05) is 39.0 Å². The Morgan fingerprint density at radius 3 is 2.09 bits per heavy atom. The first-order valence-electron chi connectivity index (χ1n) is 10.8. The summed E-state index contributed by atoms with van der Waals surface area (Å²) in [5, 5.41) is 23.0. The van der Waals surface area contributed by atoms with Gasteiger partial charge in [0.25, 0.3) is 5.91 Å². The monoisotopic (exact) mass is 511 g/mol. The van der Waals surface area contributed by atoms with Crippen LogP contribution in [-0.2, 0) is 15.0 Å². The van der Waals surface area contributed by atoms with Crippen molar-refractivity contribution >= 4 is 28.9 Å². The summed E-state index contributed by atoms with van der Waals surface area (Å²) < 4.78 is 23.5. The van der Waals surface area contributed by atoms with Crippen molar-refractivity contribution in [3.63, 3.8) is 0 Å². The van der Waals surface area contributed by atoms with Gasteiger partial charge in [0.05, 0.1) is 0 Å². The Labute approximate surface area is 207 Å². The van der Waals surface area contributed by atoms with Crippen LogP contribution < -0.4 is 21.1 Å². The minimum atomic E-state index is -4.24. The van der Waals surface area contributed by atoms with Crippen molar-refractivity contribution in [3.05, 3.63) is 60.1 Å². The maximum atomic E-state index is 12.0. The molecule has 6 N–H and O–H groups in total. The molecule has 0 bridgehead atoms. The molecule has 0 unspecified atom stereocenters. The van der Waals surface area contributed by atoms with Gasteiger partial charge in [0.2, 0.25) is 0 Å². The highest BCUT2D eigenvalue weighted by Gasteiger charge is 2.22. The number of amides is 1. The molecule has 0 atom stereocenters. The summed E-state index contributed by atoms with van der Waals surface area (Å²) in [6, 6.07) is 7.53. The molecular formula is C23H37N5O6S. The van der Waals surface area contributed by atoms with Crippen molar-refractivity contribution < 1.29 is 27.9 Å². The topological polar surface area (TPSA) is 173 Å². The van der Waals surface area contributed by atoms with Gasteiger partial charge in [0, 0.05) is 37.5 Å². The summed E-state index contributed by atoms with van der Waals surface area (Å²) in [5.41, 5.74) is 0.586. The van der Waals surface area contributed by atoms with E-state index in [9.17, 15) is 23.1 Å². The molecule has 12 heteroatoms. The molecule has 0 spiro atoms. The quantitative estimate of drug-likeness (QED) is 0.317. The number of carbonyl (C=O) groups excluding carboxylic acids is 2. The van der Waals surface area contributed by atoms with Gasteiger partial charge in [-0.15, -0.1) is 0 Å². The second-order valence-corrected chi connectivity index (χ2v) is 7.62. The summed E-state index contributed by atoms with van der Waals surface area (Å²) in [6.07, 6.45) is 4.90. The molecule has 0 radical (unpaired) electrons. The molecule has 1 heterocycles. The van der Waals surface area contributed by atoms with Crippen LogP contribution in [0.25, 0.3) is 11.1 Å². The third-order valence-electron chi connectivity index (χ3n) is 3.96. The molecule has 0 aliphatic carbocycles. The van der Waals surface area contributed by atoms with Crippen LogP contribution >= 0.6 is 0 Å². The minimum Gasteiger partial charge on any atom is -0.477 e. The number of hydrogen-bond donors (Lipinski definition) is 5. The lowest BCUT2D eigenvalue weighted by Crippen LogP contribution is -2.31. The van der Waals surface area contributed by atoms with Crippen molar-refractivity contribution in [2.75, 3.05) is 26.7 Å². The van der Waals surface area contributed by atoms with Crippen LogP contribution in [0.4, 0.5) is 0 Å². The van der Waals surface area contributed by atoms with E-state index in [1.165, 1.54) is 18.2 Å². The van der Waals surface area contributed by atoms with Crippen LogP contribution in [0.5, 0.6) is 0 Å². The average molecular weight is 512 g/mol. The third-order valence-corrected chi connectivity index (χ3v) is 4.81. The van der Waals surface area contributed by atoms with Gasteiger partial charge < -0.3 is 25.9 Å². The number of nitrogens with zero attached hydrogens (tertiary/aromatic N) is 1. The van der Waals surface area contributed by atoms with Gasteiger partial charge >= 0.3 is 16.2 Å². The molecule has 0 fully saturated rings. The summed E-state index contributed by atoms with van der Waals surface area (Å²) in [5.74, 6) is -1.68. The Hall–Kier alpha value is -3.48. The van der Waals surface area contributed by atoms with Crippen molar-refractivity contribution in [1.82, 2.24) is 19.9 Å². The number of aromatic carboxylic acids is 1. The molecule has 1 amide bonds. The Morgan fingerprint density at radius 1 is 1.11 bits per heavy atom. The van der Waals surface area contributed by atoms with Gasteiger partial charge in [-0.05, 0) is 43.4 Å². The number of likely N-dealkylation sites (N-methyl/N-ethyl adjacent to an activating group) is 1. The normalized spacial score (nSPS) is 10.0. The van der Waals surface area contributed by atoms with E-state index in [4.69, 9.17) is 9.93 Å². The number of rotatable bonds is 9. The molecule has 196 valence electrons. The van der Waals surface area contributed by atoms with Gasteiger partial charge in [-0.3, -0.25) is 4.79 Å². The fourth-order valence-corrected chi connectivity index (χ4v) is 3.24. The highest BCUT2D eigenvalue weighted by Crippen LogP contribution is 2.26. The fourth-order valence-electron chi connectivity index (χ4n) is 2.58. The fraction of sp³-hybridized carbons (Fsp3) is 0.348. The summed E-state index contributed by atoms with van der Waals surface area (Å²) in [4.78, 5) is 31.5. The third kappa shape index (κ3) is 12.0. The average Bonchev–Trinajstić information content (AvgIpc) is 3.32.